The number of hydrogen-bond acceptors (Lipinski definition) is 4. The van der Waals surface area contributed by atoms with Crippen LogP contribution in [0.5, 0.6) is 0 Å². The highest BCUT2D eigenvalue weighted by Crippen LogP contribution is 2.25. The molecule has 0 aliphatic heterocycles. The van der Waals surface area contributed by atoms with Crippen molar-refractivity contribution in [2.45, 2.75) is 112 Å². The second kappa shape index (κ2) is 15.5. The molecule has 0 aliphatic carbocycles. The number of carbonyl (C=O) groups excluding carboxylic acids is 3. The summed E-state index contributed by atoms with van der Waals surface area (Å²) in [7, 11) is 0. The van der Waals surface area contributed by atoms with Crippen molar-refractivity contribution in [2.75, 3.05) is 13.1 Å². The number of ether oxygens (including phenoxy) is 1. The smallest absolute Gasteiger partial charge is 0.408 e. The Kier molecular flexibility index (Phi) is 13.6. The number of alkyl carbamates (subject to hydrolysis) is 1. The van der Waals surface area contributed by atoms with Gasteiger partial charge in [-0.2, -0.15) is 0 Å². The number of nitrogens with one attached hydrogen (secondary N) is 2. The maximum absolute atomic E-state index is 14.0. The van der Waals surface area contributed by atoms with Crippen LogP contribution in [0.2, 0.25) is 0 Å². The summed E-state index contributed by atoms with van der Waals surface area (Å²) in [6.07, 6.45) is 5.04. The minimum Gasteiger partial charge on any atom is -0.444 e. The zero-order valence-corrected chi connectivity index (χ0v) is 23.8. The zero-order chi connectivity index (χ0) is 27.3. The number of amides is 3. The lowest BCUT2D eigenvalue weighted by Crippen LogP contribution is -2.55. The summed E-state index contributed by atoms with van der Waals surface area (Å²) in [4.78, 5) is 41.9. The van der Waals surface area contributed by atoms with E-state index < -0.39 is 23.8 Å². The van der Waals surface area contributed by atoms with Crippen LogP contribution in [0.3, 0.4) is 0 Å². The lowest BCUT2D eigenvalue weighted by Gasteiger charge is -2.35. The average molecular weight is 504 g/mol. The predicted molar refractivity (Wildman–Crippen MR) is 146 cm³/mol. The summed E-state index contributed by atoms with van der Waals surface area (Å²) < 4.78 is 5.43. The Morgan fingerprint density at radius 2 is 1.64 bits per heavy atom. The predicted octanol–water partition coefficient (Wildman–Crippen LogP) is 5.91. The van der Waals surface area contributed by atoms with Crippen molar-refractivity contribution in [1.29, 1.82) is 0 Å². The number of hydrogen-bond donors (Lipinski definition) is 2. The second-order valence-electron chi connectivity index (χ2n) is 10.9. The second-order valence-corrected chi connectivity index (χ2v) is 10.9. The third-order valence-electron chi connectivity index (χ3n) is 5.89. The van der Waals surface area contributed by atoms with E-state index in [0.717, 1.165) is 49.7 Å². The molecule has 0 aliphatic rings. The first-order chi connectivity index (χ1) is 16.9. The lowest BCUT2D eigenvalue weighted by molar-refractivity contribution is -0.143. The summed E-state index contributed by atoms with van der Waals surface area (Å²) in [5, 5.41) is 5.83. The van der Waals surface area contributed by atoms with Crippen molar-refractivity contribution in [3.05, 3.63) is 35.4 Å². The Morgan fingerprint density at radius 1 is 1.00 bits per heavy atom. The van der Waals surface area contributed by atoms with Crippen LogP contribution < -0.4 is 10.6 Å². The fraction of sp³-hybridized carbons (Fsp3) is 0.690. The molecule has 0 spiro atoms. The van der Waals surface area contributed by atoms with Crippen LogP contribution in [0.1, 0.15) is 104 Å². The Morgan fingerprint density at radius 3 is 2.19 bits per heavy atom. The number of nitrogens with zero attached hydrogens (tertiary/aromatic N) is 1. The fourth-order valence-electron chi connectivity index (χ4n) is 4.02. The van der Waals surface area contributed by atoms with Crippen molar-refractivity contribution in [3.8, 4) is 0 Å². The fourth-order valence-corrected chi connectivity index (χ4v) is 4.02. The van der Waals surface area contributed by atoms with E-state index in [1.807, 2.05) is 45.0 Å². The average Bonchev–Trinajstić information content (AvgIpc) is 2.78. The monoisotopic (exact) mass is 503 g/mol. The first-order valence-corrected chi connectivity index (χ1v) is 13.6. The highest BCUT2D eigenvalue weighted by atomic mass is 16.6. The molecule has 0 saturated heterocycles. The number of unbranched alkanes of at least 4 members (excludes halogenated alkanes) is 4. The molecule has 7 nitrogen and oxygen atoms in total. The molecule has 0 radical (unpaired) electrons. The van der Waals surface area contributed by atoms with Gasteiger partial charge in [-0.25, -0.2) is 4.79 Å². The first kappa shape index (κ1) is 31.5. The van der Waals surface area contributed by atoms with Gasteiger partial charge in [-0.1, -0.05) is 83.2 Å². The number of carbonyl (C=O) groups is 3. The van der Waals surface area contributed by atoms with Gasteiger partial charge in [-0.3, -0.25) is 9.59 Å². The van der Waals surface area contributed by atoms with Crippen LogP contribution in [0.4, 0.5) is 4.79 Å². The lowest BCUT2D eigenvalue weighted by atomic mass is 9.97. The van der Waals surface area contributed by atoms with Crippen molar-refractivity contribution in [3.63, 3.8) is 0 Å². The minimum absolute atomic E-state index is 0.190. The van der Waals surface area contributed by atoms with E-state index in [9.17, 15) is 14.4 Å². The van der Waals surface area contributed by atoms with Crippen molar-refractivity contribution < 1.29 is 19.1 Å². The van der Waals surface area contributed by atoms with Gasteiger partial charge in [0.15, 0.2) is 0 Å². The molecular weight excluding hydrogens is 454 g/mol. The highest BCUT2D eigenvalue weighted by Gasteiger charge is 2.37. The summed E-state index contributed by atoms with van der Waals surface area (Å²) in [6, 6.07) is 6.15. The molecule has 0 heterocycles. The molecule has 36 heavy (non-hydrogen) atoms. The van der Waals surface area contributed by atoms with E-state index in [-0.39, 0.29) is 17.7 Å². The van der Waals surface area contributed by atoms with Gasteiger partial charge in [0.2, 0.25) is 11.8 Å². The van der Waals surface area contributed by atoms with Gasteiger partial charge in [-0.15, -0.1) is 0 Å². The molecule has 2 atom stereocenters. The zero-order valence-electron chi connectivity index (χ0n) is 23.8. The van der Waals surface area contributed by atoms with Gasteiger partial charge in [0, 0.05) is 13.1 Å². The summed E-state index contributed by atoms with van der Waals surface area (Å²) in [6.45, 7) is 16.3. The summed E-state index contributed by atoms with van der Waals surface area (Å²) in [5.74, 6) is -0.659. The molecule has 0 bridgehead atoms. The molecule has 0 fully saturated rings. The first-order valence-electron chi connectivity index (χ1n) is 13.6. The van der Waals surface area contributed by atoms with Gasteiger partial charge in [0.1, 0.15) is 17.7 Å². The van der Waals surface area contributed by atoms with Gasteiger partial charge >= 0.3 is 6.09 Å². The van der Waals surface area contributed by atoms with E-state index in [1.165, 1.54) is 0 Å². The maximum atomic E-state index is 14.0. The topological polar surface area (TPSA) is 87.7 Å². The van der Waals surface area contributed by atoms with Crippen LogP contribution in [0, 0.1) is 12.8 Å². The van der Waals surface area contributed by atoms with Gasteiger partial charge in [0.05, 0.1) is 0 Å². The molecule has 0 saturated carbocycles. The molecular formula is C29H49N3O4. The van der Waals surface area contributed by atoms with Gasteiger partial charge in [-0.05, 0) is 52.0 Å². The molecule has 2 N–H and O–H groups in total. The van der Waals surface area contributed by atoms with E-state index >= 15 is 0 Å². The number of rotatable bonds is 14. The van der Waals surface area contributed by atoms with Gasteiger partial charge in [0.25, 0.3) is 0 Å². The highest BCUT2D eigenvalue weighted by molar-refractivity contribution is 5.92. The number of aryl methyl sites for hydroxylation is 1. The largest absolute Gasteiger partial charge is 0.444 e. The molecule has 7 heteroatoms. The standard InChI is InChI=1S/C29H49N3O4/c1-9-11-13-18-30-26(33)25(23-17-15-16-22(5)20-23)32(19-14-12-10-2)27(34)24(21(3)4)31-28(35)36-29(6,7)8/h15-17,20-21,24-25H,9-14,18-19H2,1-8H3,(H,30,33)(H,31,35). The van der Waals surface area contributed by atoms with Crippen LogP contribution >= 0.6 is 0 Å². The third-order valence-corrected chi connectivity index (χ3v) is 5.89. The molecule has 0 aromatic heterocycles. The summed E-state index contributed by atoms with van der Waals surface area (Å²) in [5.41, 5.74) is 1.11. The molecule has 204 valence electrons. The van der Waals surface area contributed by atoms with Crippen LogP contribution in [-0.4, -0.2) is 47.5 Å². The Balaban J connectivity index is 3.38. The Hall–Kier alpha value is -2.57. The maximum Gasteiger partial charge on any atom is 0.408 e. The van der Waals surface area contributed by atoms with E-state index in [0.29, 0.717) is 13.1 Å². The van der Waals surface area contributed by atoms with Crippen LogP contribution in [0.15, 0.2) is 24.3 Å². The SMILES string of the molecule is CCCCCNC(=O)C(c1cccc(C)c1)N(CCCCC)C(=O)C(NC(=O)OC(C)(C)C)C(C)C. The molecule has 1 aromatic rings. The summed E-state index contributed by atoms with van der Waals surface area (Å²) >= 11 is 0. The minimum atomic E-state index is -0.818. The Bertz CT molecular complexity index is 832. The van der Waals surface area contributed by atoms with Crippen molar-refractivity contribution >= 4 is 17.9 Å². The molecule has 2 unspecified atom stereocenters. The third kappa shape index (κ3) is 11.0. The van der Waals surface area contributed by atoms with Crippen molar-refractivity contribution in [2.24, 2.45) is 5.92 Å². The normalized spacial score (nSPS) is 13.1. The van der Waals surface area contributed by atoms with Gasteiger partial charge < -0.3 is 20.3 Å². The van der Waals surface area contributed by atoms with Crippen LogP contribution in [-0.2, 0) is 14.3 Å². The quantitative estimate of drug-likeness (QED) is 0.309. The Labute approximate surface area is 218 Å². The van der Waals surface area contributed by atoms with Crippen molar-refractivity contribution in [1.82, 2.24) is 15.5 Å². The van der Waals surface area contributed by atoms with E-state index in [2.05, 4.69) is 24.5 Å². The number of benzene rings is 1. The van der Waals surface area contributed by atoms with E-state index in [1.54, 1.807) is 25.7 Å². The van der Waals surface area contributed by atoms with E-state index in [4.69, 9.17) is 4.74 Å². The molecule has 1 aromatic carbocycles. The van der Waals surface area contributed by atoms with Crippen LogP contribution in [0.25, 0.3) is 0 Å². The molecule has 1 rings (SSSR count). The molecule has 3 amide bonds.